The molecule has 7 heteroatoms. The molecule has 2 fully saturated rings. The van der Waals surface area contributed by atoms with Crippen molar-refractivity contribution in [1.29, 1.82) is 0 Å². The number of anilines is 1. The fraction of sp³-hybridized carbons (Fsp3) is 0.458. The summed E-state index contributed by atoms with van der Waals surface area (Å²) in [7, 11) is 0. The van der Waals surface area contributed by atoms with Crippen LogP contribution in [0.4, 0.5) is 10.7 Å². The van der Waals surface area contributed by atoms with Crippen molar-refractivity contribution in [3.05, 3.63) is 48.7 Å². The van der Waals surface area contributed by atoms with E-state index in [1.54, 1.807) is 0 Å². The van der Waals surface area contributed by atoms with E-state index in [0.717, 1.165) is 29.6 Å². The Morgan fingerprint density at radius 2 is 1.77 bits per heavy atom. The second-order valence-corrected chi connectivity index (χ2v) is 9.64. The SMILES string of the molecule is CC(C)(C)OC(=O)N1C[C@H]2CC[C@@H](C1)C2Nc1nc2c(-c3ccccc3)cccn2n1. The summed E-state index contributed by atoms with van der Waals surface area (Å²) in [6, 6.07) is 14.6. The Kier molecular flexibility index (Phi) is 4.84. The molecule has 162 valence electrons. The summed E-state index contributed by atoms with van der Waals surface area (Å²) in [6.45, 7) is 7.16. The number of ether oxygens (including phenoxy) is 1. The van der Waals surface area contributed by atoms with Crippen molar-refractivity contribution in [2.75, 3.05) is 18.4 Å². The number of rotatable bonds is 3. The molecule has 1 aliphatic carbocycles. The van der Waals surface area contributed by atoms with Gasteiger partial charge in [-0.15, -0.1) is 5.10 Å². The van der Waals surface area contributed by atoms with E-state index in [0.29, 0.717) is 30.9 Å². The number of hydrogen-bond acceptors (Lipinski definition) is 5. The Morgan fingerprint density at radius 1 is 1.06 bits per heavy atom. The standard InChI is InChI=1S/C24H29N5O2/c1-24(2,3)31-23(30)28-14-17-11-12-18(15-28)20(17)25-22-26-21-19(10-7-13-29(21)27-22)16-8-5-4-6-9-16/h4-10,13,17-18,20H,11-12,14-15H2,1-3H3,(H,25,27)/t17-,18+,20?. The zero-order valence-corrected chi connectivity index (χ0v) is 18.3. The Morgan fingerprint density at radius 3 is 2.45 bits per heavy atom. The maximum absolute atomic E-state index is 12.5. The molecule has 3 atom stereocenters. The lowest BCUT2D eigenvalue weighted by molar-refractivity contribution is 0.0141. The molecule has 0 radical (unpaired) electrons. The fourth-order valence-electron chi connectivity index (χ4n) is 4.89. The summed E-state index contributed by atoms with van der Waals surface area (Å²) in [4.78, 5) is 19.2. The highest BCUT2D eigenvalue weighted by Gasteiger charge is 2.44. The highest BCUT2D eigenvalue weighted by Crippen LogP contribution is 2.39. The predicted molar refractivity (Wildman–Crippen MR) is 120 cm³/mol. The maximum atomic E-state index is 12.5. The highest BCUT2D eigenvalue weighted by molar-refractivity contribution is 5.77. The van der Waals surface area contributed by atoms with Gasteiger partial charge in [-0.05, 0) is 63.1 Å². The van der Waals surface area contributed by atoms with Gasteiger partial charge in [0.25, 0.3) is 0 Å². The van der Waals surface area contributed by atoms with Crippen molar-refractivity contribution in [1.82, 2.24) is 19.5 Å². The number of nitrogens with one attached hydrogen (secondary N) is 1. The molecule has 1 N–H and O–H groups in total. The molecular formula is C24H29N5O2. The van der Waals surface area contributed by atoms with Crippen LogP contribution in [-0.4, -0.2) is 50.3 Å². The fourth-order valence-corrected chi connectivity index (χ4v) is 4.89. The molecular weight excluding hydrogens is 390 g/mol. The number of fused-ring (bicyclic) bond motifs is 3. The first-order chi connectivity index (χ1) is 14.9. The largest absolute Gasteiger partial charge is 0.444 e. The molecule has 1 amide bonds. The molecule has 31 heavy (non-hydrogen) atoms. The number of carbonyl (C=O) groups excluding carboxylic acids is 1. The van der Waals surface area contributed by atoms with Crippen LogP contribution in [0.15, 0.2) is 48.7 Å². The third-order valence-electron chi connectivity index (χ3n) is 6.23. The van der Waals surface area contributed by atoms with Crippen molar-refractivity contribution in [2.45, 2.75) is 45.3 Å². The Bertz CT molecular complexity index is 1070. The van der Waals surface area contributed by atoms with Crippen molar-refractivity contribution in [3.63, 3.8) is 0 Å². The first-order valence-electron chi connectivity index (χ1n) is 11.0. The number of piperidine rings is 1. The first kappa shape index (κ1) is 19.8. The number of aromatic nitrogens is 3. The van der Waals surface area contributed by atoms with E-state index in [4.69, 9.17) is 9.72 Å². The Balaban J connectivity index is 1.34. The van der Waals surface area contributed by atoms with Gasteiger partial charge in [-0.25, -0.2) is 9.31 Å². The third kappa shape index (κ3) is 3.96. The van der Waals surface area contributed by atoms with Crippen LogP contribution in [0.1, 0.15) is 33.6 Å². The summed E-state index contributed by atoms with van der Waals surface area (Å²) in [5.74, 6) is 1.41. The molecule has 5 rings (SSSR count). The van der Waals surface area contributed by atoms with Crippen LogP contribution >= 0.6 is 0 Å². The van der Waals surface area contributed by atoms with Crippen molar-refractivity contribution >= 4 is 17.7 Å². The third-order valence-corrected chi connectivity index (χ3v) is 6.23. The van der Waals surface area contributed by atoms with Gasteiger partial charge < -0.3 is 15.0 Å². The van der Waals surface area contributed by atoms with Crippen LogP contribution in [0.5, 0.6) is 0 Å². The molecule has 3 heterocycles. The molecule has 1 aromatic carbocycles. The quantitative estimate of drug-likeness (QED) is 0.679. The molecule has 1 unspecified atom stereocenters. The minimum atomic E-state index is -0.470. The van der Waals surface area contributed by atoms with Crippen molar-refractivity contribution in [2.24, 2.45) is 11.8 Å². The summed E-state index contributed by atoms with van der Waals surface area (Å²) in [6.07, 6.45) is 3.93. The second kappa shape index (κ2) is 7.55. The maximum Gasteiger partial charge on any atom is 0.410 e. The first-order valence-corrected chi connectivity index (χ1v) is 11.0. The lowest BCUT2D eigenvalue weighted by Crippen LogP contribution is -2.51. The Hall–Kier alpha value is -3.09. The monoisotopic (exact) mass is 419 g/mol. The summed E-state index contributed by atoms with van der Waals surface area (Å²) >= 11 is 0. The molecule has 1 saturated carbocycles. The predicted octanol–water partition coefficient (Wildman–Crippen LogP) is 4.45. The molecule has 2 bridgehead atoms. The molecule has 0 spiro atoms. The number of pyridine rings is 1. The minimum absolute atomic E-state index is 0.207. The molecule has 1 aliphatic heterocycles. The molecule has 2 aliphatic rings. The van der Waals surface area contributed by atoms with E-state index < -0.39 is 5.60 Å². The number of likely N-dealkylation sites (tertiary alicyclic amines) is 1. The zero-order chi connectivity index (χ0) is 21.6. The minimum Gasteiger partial charge on any atom is -0.444 e. The van der Waals surface area contributed by atoms with Crippen molar-refractivity contribution < 1.29 is 9.53 Å². The topological polar surface area (TPSA) is 71.8 Å². The van der Waals surface area contributed by atoms with E-state index >= 15 is 0 Å². The van der Waals surface area contributed by atoms with Gasteiger partial charge in [0.05, 0.1) is 0 Å². The summed E-state index contributed by atoms with van der Waals surface area (Å²) < 4.78 is 7.42. The molecule has 1 saturated heterocycles. The van der Waals surface area contributed by atoms with E-state index in [1.807, 2.05) is 60.6 Å². The average molecular weight is 420 g/mol. The number of benzene rings is 1. The van der Waals surface area contributed by atoms with Crippen LogP contribution in [-0.2, 0) is 4.74 Å². The van der Waals surface area contributed by atoms with Crippen LogP contribution in [0.2, 0.25) is 0 Å². The smallest absolute Gasteiger partial charge is 0.410 e. The zero-order valence-electron chi connectivity index (χ0n) is 18.3. The van der Waals surface area contributed by atoms with Crippen molar-refractivity contribution in [3.8, 4) is 11.1 Å². The summed E-state index contributed by atoms with van der Waals surface area (Å²) in [5, 5.41) is 8.28. The van der Waals surface area contributed by atoms with E-state index in [1.165, 1.54) is 0 Å². The van der Waals surface area contributed by atoms with Gasteiger partial charge in [0.2, 0.25) is 5.95 Å². The van der Waals surface area contributed by atoms with Crippen LogP contribution < -0.4 is 5.32 Å². The lowest BCUT2D eigenvalue weighted by Gasteiger charge is -2.38. The number of nitrogens with zero attached hydrogens (tertiary/aromatic N) is 4. The molecule has 7 nitrogen and oxygen atoms in total. The van der Waals surface area contributed by atoms with Crippen LogP contribution in [0, 0.1) is 11.8 Å². The molecule has 2 aromatic heterocycles. The number of hydrogen-bond donors (Lipinski definition) is 1. The highest BCUT2D eigenvalue weighted by atomic mass is 16.6. The second-order valence-electron chi connectivity index (χ2n) is 9.64. The van der Waals surface area contributed by atoms with Gasteiger partial charge in [0.1, 0.15) is 5.60 Å². The number of amides is 1. The van der Waals surface area contributed by atoms with E-state index in [9.17, 15) is 4.79 Å². The van der Waals surface area contributed by atoms with Gasteiger partial charge >= 0.3 is 6.09 Å². The van der Waals surface area contributed by atoms with Crippen LogP contribution in [0.3, 0.4) is 0 Å². The van der Waals surface area contributed by atoms with Crippen LogP contribution in [0.25, 0.3) is 16.8 Å². The average Bonchev–Trinajstić information content (AvgIpc) is 3.23. The summed E-state index contributed by atoms with van der Waals surface area (Å²) in [5.41, 5.74) is 2.56. The van der Waals surface area contributed by atoms with Gasteiger partial charge in [-0.1, -0.05) is 30.3 Å². The van der Waals surface area contributed by atoms with Gasteiger partial charge in [-0.3, -0.25) is 0 Å². The van der Waals surface area contributed by atoms with E-state index in [-0.39, 0.29) is 12.1 Å². The lowest BCUT2D eigenvalue weighted by atomic mass is 9.92. The van der Waals surface area contributed by atoms with E-state index in [2.05, 4.69) is 28.6 Å². The molecule has 3 aromatic rings. The van der Waals surface area contributed by atoms with Gasteiger partial charge in [0.15, 0.2) is 5.65 Å². The Labute approximate surface area is 182 Å². The normalized spacial score (nSPS) is 23.2. The van der Waals surface area contributed by atoms with Gasteiger partial charge in [-0.2, -0.15) is 4.98 Å². The van der Waals surface area contributed by atoms with Gasteiger partial charge in [0, 0.05) is 30.9 Å². The number of carbonyl (C=O) groups is 1.